The quantitative estimate of drug-likeness (QED) is 0.572. The largest absolute Gasteiger partial charge is 0.496 e. The van der Waals surface area contributed by atoms with E-state index in [4.69, 9.17) is 10.00 Å². The van der Waals surface area contributed by atoms with Crippen molar-refractivity contribution in [3.05, 3.63) is 71.0 Å². The lowest BCUT2D eigenvalue weighted by atomic mass is 9.90. The lowest BCUT2D eigenvalue weighted by Gasteiger charge is -2.34. The third kappa shape index (κ3) is 7.41. The molecule has 6 nitrogen and oxygen atoms in total. The summed E-state index contributed by atoms with van der Waals surface area (Å²) in [6.45, 7) is 2.22. The van der Waals surface area contributed by atoms with E-state index in [1.165, 1.54) is 25.3 Å². The molecule has 1 heterocycles. The van der Waals surface area contributed by atoms with Gasteiger partial charge in [-0.2, -0.15) is 5.26 Å². The van der Waals surface area contributed by atoms with Gasteiger partial charge in [-0.15, -0.1) is 0 Å². The van der Waals surface area contributed by atoms with Crippen molar-refractivity contribution in [2.24, 2.45) is 5.92 Å². The van der Waals surface area contributed by atoms with Gasteiger partial charge in [0, 0.05) is 18.2 Å². The van der Waals surface area contributed by atoms with E-state index < -0.39 is 0 Å². The highest BCUT2D eigenvalue weighted by Crippen LogP contribution is 2.23. The second kappa shape index (κ2) is 12.1. The van der Waals surface area contributed by atoms with Crippen molar-refractivity contribution in [2.75, 3.05) is 33.4 Å². The maximum Gasteiger partial charge on any atom is 0.244 e. The van der Waals surface area contributed by atoms with Crippen LogP contribution in [0.1, 0.15) is 29.5 Å². The number of ether oxygens (including phenoxy) is 1. The molecule has 7 heteroatoms. The van der Waals surface area contributed by atoms with Crippen LogP contribution in [0.4, 0.5) is 4.39 Å². The minimum atomic E-state index is -0.372. The molecular weight excluding hydrogens is 421 g/mol. The maximum atomic E-state index is 13.1. The van der Waals surface area contributed by atoms with E-state index in [2.05, 4.69) is 16.3 Å². The Bertz CT molecular complexity index is 993. The number of carbonyl (C=O) groups is 1. The second-order valence-corrected chi connectivity index (χ2v) is 8.36. The van der Waals surface area contributed by atoms with E-state index in [0.717, 1.165) is 37.9 Å². The van der Waals surface area contributed by atoms with Crippen molar-refractivity contribution >= 4 is 12.0 Å². The summed E-state index contributed by atoms with van der Waals surface area (Å²) in [5.41, 5.74) is 2.27. The third-order valence-electron chi connectivity index (χ3n) is 5.96. The van der Waals surface area contributed by atoms with Gasteiger partial charge < -0.3 is 20.1 Å². The molecule has 1 saturated heterocycles. The molecule has 33 heavy (non-hydrogen) atoms. The Morgan fingerprint density at radius 2 is 2.03 bits per heavy atom. The van der Waals surface area contributed by atoms with Crippen LogP contribution in [-0.4, -0.2) is 55.3 Å². The first kappa shape index (κ1) is 24.4. The Labute approximate surface area is 194 Å². The van der Waals surface area contributed by atoms with Crippen molar-refractivity contribution in [2.45, 2.75) is 25.3 Å². The number of halogens is 1. The number of rotatable bonds is 9. The lowest BCUT2D eigenvalue weighted by molar-refractivity contribution is -0.117. The van der Waals surface area contributed by atoms with Crippen molar-refractivity contribution < 1.29 is 19.0 Å². The van der Waals surface area contributed by atoms with Crippen LogP contribution in [0.15, 0.2) is 48.5 Å². The average molecular weight is 452 g/mol. The Kier molecular flexibility index (Phi) is 8.99. The number of aliphatic hydroxyl groups excluding tert-OH is 1. The van der Waals surface area contributed by atoms with Gasteiger partial charge in [0.05, 0.1) is 31.4 Å². The van der Waals surface area contributed by atoms with Gasteiger partial charge in [0.2, 0.25) is 5.91 Å². The van der Waals surface area contributed by atoms with Crippen LogP contribution in [0.3, 0.4) is 0 Å². The average Bonchev–Trinajstić information content (AvgIpc) is 2.84. The molecule has 0 aliphatic carbocycles. The first-order chi connectivity index (χ1) is 16.0. The summed E-state index contributed by atoms with van der Waals surface area (Å²) in [7, 11) is 1.53. The normalized spacial score (nSPS) is 15.8. The monoisotopic (exact) mass is 451 g/mol. The SMILES string of the molecule is COc1ccc(C#N)cc1/C=C/C(=O)N[C@H](CO)CN1CCC(Cc2ccc(F)cc2)CC1. The Morgan fingerprint density at radius 3 is 2.67 bits per heavy atom. The number of benzene rings is 2. The number of likely N-dealkylation sites (tertiary alicyclic amines) is 1. The number of amides is 1. The number of methoxy groups -OCH3 is 1. The van der Waals surface area contributed by atoms with E-state index in [1.807, 2.05) is 12.1 Å². The second-order valence-electron chi connectivity index (χ2n) is 8.36. The van der Waals surface area contributed by atoms with Gasteiger partial charge in [-0.05, 0) is 80.2 Å². The molecule has 1 fully saturated rings. The summed E-state index contributed by atoms with van der Waals surface area (Å²) in [5.74, 6) is 0.594. The molecule has 2 aromatic rings. The zero-order valence-electron chi connectivity index (χ0n) is 18.8. The molecule has 174 valence electrons. The van der Waals surface area contributed by atoms with Crippen molar-refractivity contribution in [1.29, 1.82) is 5.26 Å². The number of nitriles is 1. The molecule has 0 radical (unpaired) electrons. The molecule has 1 aliphatic rings. The highest BCUT2D eigenvalue weighted by molar-refractivity contribution is 5.92. The predicted molar refractivity (Wildman–Crippen MR) is 125 cm³/mol. The van der Waals surface area contributed by atoms with Gasteiger partial charge in [-0.1, -0.05) is 12.1 Å². The number of piperidine rings is 1. The first-order valence-electron chi connectivity index (χ1n) is 11.1. The van der Waals surface area contributed by atoms with Crippen molar-refractivity contribution in [3.63, 3.8) is 0 Å². The summed E-state index contributed by atoms with van der Waals surface area (Å²) in [6.07, 6.45) is 5.98. The van der Waals surface area contributed by atoms with E-state index in [-0.39, 0.29) is 24.4 Å². The molecular formula is C26H30FN3O3. The van der Waals surface area contributed by atoms with Gasteiger partial charge in [-0.3, -0.25) is 4.79 Å². The molecule has 0 aromatic heterocycles. The minimum absolute atomic E-state index is 0.150. The van der Waals surface area contributed by atoms with Gasteiger partial charge in [0.1, 0.15) is 11.6 Å². The fourth-order valence-electron chi connectivity index (χ4n) is 4.14. The fraction of sp³-hybridized carbons (Fsp3) is 0.385. The number of carbonyl (C=O) groups excluding carboxylic acids is 1. The van der Waals surface area contributed by atoms with E-state index in [9.17, 15) is 14.3 Å². The number of aliphatic hydroxyl groups is 1. The third-order valence-corrected chi connectivity index (χ3v) is 5.96. The van der Waals surface area contributed by atoms with E-state index in [0.29, 0.717) is 29.3 Å². The zero-order chi connectivity index (χ0) is 23.6. The molecule has 1 aliphatic heterocycles. The summed E-state index contributed by atoms with van der Waals surface area (Å²) in [5, 5.41) is 21.7. The number of hydrogen-bond acceptors (Lipinski definition) is 5. The van der Waals surface area contributed by atoms with Crippen LogP contribution in [0.25, 0.3) is 6.08 Å². The van der Waals surface area contributed by atoms with Crippen LogP contribution in [-0.2, 0) is 11.2 Å². The van der Waals surface area contributed by atoms with Crippen LogP contribution < -0.4 is 10.1 Å². The Balaban J connectivity index is 1.47. The van der Waals surface area contributed by atoms with Gasteiger partial charge >= 0.3 is 0 Å². The molecule has 0 saturated carbocycles. The summed E-state index contributed by atoms with van der Waals surface area (Å²) >= 11 is 0. The summed E-state index contributed by atoms with van der Waals surface area (Å²) in [6, 6.07) is 13.4. The highest BCUT2D eigenvalue weighted by atomic mass is 19.1. The van der Waals surface area contributed by atoms with Gasteiger partial charge in [0.15, 0.2) is 0 Å². The number of nitrogens with one attached hydrogen (secondary N) is 1. The van der Waals surface area contributed by atoms with Crippen molar-refractivity contribution in [1.82, 2.24) is 10.2 Å². The predicted octanol–water partition coefficient (Wildman–Crippen LogP) is 3.15. The highest BCUT2D eigenvalue weighted by Gasteiger charge is 2.22. The Morgan fingerprint density at radius 1 is 1.30 bits per heavy atom. The smallest absolute Gasteiger partial charge is 0.244 e. The topological polar surface area (TPSA) is 85.6 Å². The lowest BCUT2D eigenvalue weighted by Crippen LogP contribution is -2.47. The molecule has 2 N–H and O–H groups in total. The fourth-order valence-corrected chi connectivity index (χ4v) is 4.14. The summed E-state index contributed by atoms with van der Waals surface area (Å²) in [4.78, 5) is 14.7. The van der Waals surface area contributed by atoms with E-state index >= 15 is 0 Å². The molecule has 1 atom stereocenters. The van der Waals surface area contributed by atoms with Crippen LogP contribution in [0.2, 0.25) is 0 Å². The molecule has 0 unspecified atom stereocenters. The van der Waals surface area contributed by atoms with Crippen LogP contribution >= 0.6 is 0 Å². The van der Waals surface area contributed by atoms with E-state index in [1.54, 1.807) is 24.3 Å². The van der Waals surface area contributed by atoms with Gasteiger partial charge in [0.25, 0.3) is 0 Å². The molecule has 0 spiro atoms. The van der Waals surface area contributed by atoms with Crippen molar-refractivity contribution in [3.8, 4) is 11.8 Å². The standard InChI is InChI=1S/C26H30FN3O3/c1-33-25-8-4-21(16-28)15-22(25)5-9-26(32)29-24(18-31)17-30-12-10-20(11-13-30)14-19-2-6-23(27)7-3-19/h2-9,15,20,24,31H,10-14,17-18H2,1H3,(H,29,32)/b9-5+/t24-/m0/s1. The molecule has 3 rings (SSSR count). The molecule has 1 amide bonds. The van der Waals surface area contributed by atoms with Crippen LogP contribution in [0.5, 0.6) is 5.75 Å². The minimum Gasteiger partial charge on any atom is -0.496 e. The van der Waals surface area contributed by atoms with Gasteiger partial charge in [-0.25, -0.2) is 4.39 Å². The maximum absolute atomic E-state index is 13.1. The molecule has 0 bridgehead atoms. The summed E-state index contributed by atoms with van der Waals surface area (Å²) < 4.78 is 18.4. The number of hydrogen-bond donors (Lipinski definition) is 2. The zero-order valence-corrected chi connectivity index (χ0v) is 18.8. The number of nitrogens with zero attached hydrogens (tertiary/aromatic N) is 2. The first-order valence-corrected chi connectivity index (χ1v) is 11.1. The van der Waals surface area contributed by atoms with Crippen LogP contribution in [0, 0.1) is 23.1 Å². The molecule has 2 aromatic carbocycles. The Hall–Kier alpha value is -3.21.